The Morgan fingerprint density at radius 3 is 2.09 bits per heavy atom. The zero-order valence-corrected chi connectivity index (χ0v) is 36.3. The topological polar surface area (TPSA) is 221 Å². The van der Waals surface area contributed by atoms with Crippen LogP contribution in [0, 0.1) is 11.3 Å². The van der Waals surface area contributed by atoms with Gasteiger partial charge in [-0.15, -0.1) is 0 Å². The maximum atomic E-state index is 13.6. The summed E-state index contributed by atoms with van der Waals surface area (Å²) in [6.45, 7) is 3.05. The molecule has 2 saturated heterocycles. The van der Waals surface area contributed by atoms with E-state index in [1.54, 1.807) is 18.2 Å². The summed E-state index contributed by atoms with van der Waals surface area (Å²) in [5.74, 6) is -3.32. The molecule has 6 rings (SSSR count). The van der Waals surface area contributed by atoms with Crippen LogP contribution in [0.5, 0.6) is 17.2 Å². The van der Waals surface area contributed by atoms with Crippen molar-refractivity contribution in [3.05, 3.63) is 87.3 Å². The largest absolute Gasteiger partial charge is 0.493 e. The summed E-state index contributed by atoms with van der Waals surface area (Å²) < 4.78 is 79.4. The molecule has 3 aromatic rings. The van der Waals surface area contributed by atoms with Gasteiger partial charge in [-0.05, 0) is 72.3 Å². The molecular formula is C44H44F3N5O13S. The number of nitriles is 1. The Morgan fingerprint density at radius 1 is 0.803 bits per heavy atom. The van der Waals surface area contributed by atoms with Gasteiger partial charge in [-0.1, -0.05) is 12.1 Å². The van der Waals surface area contributed by atoms with Crippen LogP contribution in [0.2, 0.25) is 0 Å². The average molecular weight is 940 g/mol. The lowest BCUT2D eigenvalue weighted by Crippen LogP contribution is -2.54. The first-order chi connectivity index (χ1) is 31.8. The molecule has 0 saturated carbocycles. The lowest BCUT2D eigenvalue weighted by atomic mass is 10.0. The number of nitrogens with one attached hydrogen (secondary N) is 2. The standard InChI is InChI=1S/C44H44F3N5O13S/c1-59-35-24-27(5-9-34(35)65-33-8-6-28(26-48)23-30(33)44(45,46)47)25-36-41(56)51(43(58)66-36)12-14-61-16-18-63-20-22-64-21-19-62-17-15-60-13-11-49-31-4-2-3-29-38(31)42(57)52(40(29)55)32-7-10-37(53)50-39(32)54/h2-6,8-9,23-25,32,49H,7,10-22H2,1H3,(H,50,53,54)/b36-25-. The Morgan fingerprint density at radius 2 is 1.45 bits per heavy atom. The van der Waals surface area contributed by atoms with E-state index in [-0.39, 0.29) is 78.9 Å². The number of methoxy groups -OCH3 is 1. The molecule has 18 nitrogen and oxygen atoms in total. The second-order valence-corrected chi connectivity index (χ2v) is 15.3. The Hall–Kier alpha value is -6.35. The highest BCUT2D eigenvalue weighted by Crippen LogP contribution is 2.42. The second-order valence-electron chi connectivity index (χ2n) is 14.3. The molecule has 350 valence electrons. The number of carbonyl (C=O) groups is 6. The molecule has 2 fully saturated rings. The van der Waals surface area contributed by atoms with Crippen LogP contribution < -0.4 is 20.1 Å². The second kappa shape index (κ2) is 23.2. The first-order valence-corrected chi connectivity index (χ1v) is 21.3. The number of amides is 6. The molecule has 1 atom stereocenters. The number of imide groups is 3. The number of hydrogen-bond acceptors (Lipinski definition) is 16. The van der Waals surface area contributed by atoms with Crippen molar-refractivity contribution >= 4 is 58.3 Å². The Bertz CT molecular complexity index is 2390. The van der Waals surface area contributed by atoms with Crippen molar-refractivity contribution < 1.29 is 75.1 Å². The molecule has 3 aliphatic heterocycles. The number of thioether (sulfide) groups is 1. The number of halogens is 3. The molecule has 66 heavy (non-hydrogen) atoms. The van der Waals surface area contributed by atoms with Crippen molar-refractivity contribution in [2.75, 3.05) is 91.6 Å². The van der Waals surface area contributed by atoms with Crippen LogP contribution in [0.1, 0.15) is 50.2 Å². The molecule has 3 aromatic carbocycles. The normalized spacial score (nSPS) is 16.8. The SMILES string of the molecule is COc1cc(/C=C2\SC(=O)N(CCOCCOCCOCCOCCOCCNc3cccc4c3C(=O)N(C3CCC(=O)NC3=O)C4=O)C2=O)ccc1Oc1ccc(C#N)cc1C(F)(F)F. The summed E-state index contributed by atoms with van der Waals surface area (Å²) in [7, 11) is 1.30. The van der Waals surface area contributed by atoms with Crippen LogP contribution in [0.15, 0.2) is 59.5 Å². The van der Waals surface area contributed by atoms with Gasteiger partial charge in [-0.2, -0.15) is 18.4 Å². The quantitative estimate of drug-likeness (QED) is 0.0685. The number of carbonyl (C=O) groups excluding carboxylic acids is 6. The van der Waals surface area contributed by atoms with E-state index < -0.39 is 58.3 Å². The maximum Gasteiger partial charge on any atom is 0.420 e. The summed E-state index contributed by atoms with van der Waals surface area (Å²) >= 11 is 0.732. The smallest absolute Gasteiger partial charge is 0.420 e. The van der Waals surface area contributed by atoms with E-state index >= 15 is 0 Å². The first-order valence-electron chi connectivity index (χ1n) is 20.5. The molecule has 0 aromatic heterocycles. The van der Waals surface area contributed by atoms with Gasteiger partial charge in [0.25, 0.3) is 23.0 Å². The molecule has 0 radical (unpaired) electrons. The number of alkyl halides is 3. The Labute approximate surface area is 380 Å². The lowest BCUT2D eigenvalue weighted by Gasteiger charge is -2.27. The molecule has 3 heterocycles. The molecule has 22 heteroatoms. The molecule has 6 amide bonds. The Kier molecular flexibility index (Phi) is 17.3. The predicted molar refractivity (Wildman–Crippen MR) is 228 cm³/mol. The van der Waals surface area contributed by atoms with Gasteiger partial charge in [-0.25, -0.2) is 0 Å². The summed E-state index contributed by atoms with van der Waals surface area (Å²) in [4.78, 5) is 77.8. The third kappa shape index (κ3) is 12.5. The summed E-state index contributed by atoms with van der Waals surface area (Å²) in [6.07, 6.45) is -3.22. The van der Waals surface area contributed by atoms with E-state index in [2.05, 4.69) is 10.6 Å². The molecule has 0 spiro atoms. The fraction of sp³-hybridized carbons (Fsp3) is 0.386. The summed E-state index contributed by atoms with van der Waals surface area (Å²) in [5, 5.41) is 13.8. The highest BCUT2D eigenvalue weighted by molar-refractivity contribution is 8.18. The first kappa shape index (κ1) is 49.1. The maximum absolute atomic E-state index is 13.6. The minimum atomic E-state index is -4.78. The molecule has 2 N–H and O–H groups in total. The molecular weight excluding hydrogens is 896 g/mol. The van der Waals surface area contributed by atoms with Crippen molar-refractivity contribution in [2.45, 2.75) is 25.1 Å². The fourth-order valence-corrected chi connectivity index (χ4v) is 7.65. The zero-order valence-electron chi connectivity index (χ0n) is 35.4. The van der Waals surface area contributed by atoms with Crippen LogP contribution in [0.25, 0.3) is 6.08 Å². The van der Waals surface area contributed by atoms with Gasteiger partial charge >= 0.3 is 6.18 Å². The van der Waals surface area contributed by atoms with Crippen molar-refractivity contribution in [1.29, 1.82) is 5.26 Å². The average Bonchev–Trinajstić information content (AvgIpc) is 3.71. The highest BCUT2D eigenvalue weighted by Gasteiger charge is 2.45. The number of rotatable bonds is 24. The van der Waals surface area contributed by atoms with Crippen LogP contribution in [-0.2, 0) is 44.2 Å². The summed E-state index contributed by atoms with van der Waals surface area (Å²) in [5.41, 5.74) is -0.0918. The lowest BCUT2D eigenvalue weighted by molar-refractivity contribution is -0.139. The third-order valence-electron chi connectivity index (χ3n) is 9.97. The number of fused-ring (bicyclic) bond motifs is 1. The monoisotopic (exact) mass is 939 g/mol. The van der Waals surface area contributed by atoms with E-state index in [1.807, 2.05) is 0 Å². The van der Waals surface area contributed by atoms with E-state index in [4.69, 9.17) is 38.4 Å². The highest BCUT2D eigenvalue weighted by atomic mass is 32.2. The number of ether oxygens (including phenoxy) is 7. The van der Waals surface area contributed by atoms with Crippen molar-refractivity contribution in [2.24, 2.45) is 0 Å². The van der Waals surface area contributed by atoms with E-state index in [0.29, 0.717) is 63.5 Å². The summed E-state index contributed by atoms with van der Waals surface area (Å²) in [6, 6.07) is 12.7. The molecule has 0 bridgehead atoms. The molecule has 3 aliphatic rings. The van der Waals surface area contributed by atoms with Crippen LogP contribution in [-0.4, -0.2) is 137 Å². The minimum Gasteiger partial charge on any atom is -0.493 e. The molecule has 1 unspecified atom stereocenters. The van der Waals surface area contributed by atoms with E-state index in [9.17, 15) is 41.9 Å². The van der Waals surface area contributed by atoms with Gasteiger partial charge in [0.15, 0.2) is 11.5 Å². The van der Waals surface area contributed by atoms with E-state index in [1.165, 1.54) is 43.5 Å². The number of nitrogens with zero attached hydrogens (tertiary/aromatic N) is 3. The number of benzene rings is 3. The number of piperidine rings is 1. The Balaban J connectivity index is 0.783. The number of anilines is 1. The van der Waals surface area contributed by atoms with Gasteiger partial charge in [0.1, 0.15) is 11.8 Å². The van der Waals surface area contributed by atoms with Crippen LogP contribution in [0.4, 0.5) is 23.7 Å². The number of hydrogen-bond donors (Lipinski definition) is 2. The minimum absolute atomic E-state index is 0.00451. The van der Waals surface area contributed by atoms with Crippen LogP contribution >= 0.6 is 11.8 Å². The molecule has 0 aliphatic carbocycles. The van der Waals surface area contributed by atoms with Crippen molar-refractivity contribution in [1.82, 2.24) is 15.1 Å². The van der Waals surface area contributed by atoms with Crippen molar-refractivity contribution in [3.8, 4) is 23.3 Å². The third-order valence-corrected chi connectivity index (χ3v) is 10.9. The fourth-order valence-electron chi connectivity index (χ4n) is 6.79. The van der Waals surface area contributed by atoms with Gasteiger partial charge < -0.3 is 38.5 Å². The van der Waals surface area contributed by atoms with Gasteiger partial charge in [0.05, 0.1) is 113 Å². The van der Waals surface area contributed by atoms with E-state index in [0.717, 1.165) is 27.6 Å². The predicted octanol–water partition coefficient (Wildman–Crippen LogP) is 5.01. The van der Waals surface area contributed by atoms with Gasteiger partial charge in [-0.3, -0.25) is 43.9 Å². The van der Waals surface area contributed by atoms with Gasteiger partial charge in [0.2, 0.25) is 11.8 Å². The zero-order chi connectivity index (χ0) is 47.2. The van der Waals surface area contributed by atoms with Crippen molar-refractivity contribution in [3.63, 3.8) is 0 Å². The van der Waals surface area contributed by atoms with Gasteiger partial charge in [0, 0.05) is 18.7 Å². The van der Waals surface area contributed by atoms with Crippen LogP contribution in [0.3, 0.4) is 0 Å².